The number of aromatic nitrogens is 1. The number of fused-ring (bicyclic) bond motifs is 1. The minimum atomic E-state index is -0.422. The lowest BCUT2D eigenvalue weighted by Gasteiger charge is -2.01. The van der Waals surface area contributed by atoms with E-state index in [2.05, 4.69) is 15.3 Å². The maximum Gasteiger partial charge on any atom is 0.279 e. The fourth-order valence-corrected chi connectivity index (χ4v) is 3.72. The van der Waals surface area contributed by atoms with E-state index in [1.807, 2.05) is 0 Å². The quantitative estimate of drug-likeness (QED) is 0.720. The average molecular weight is 390 g/mol. The third kappa shape index (κ3) is 3.00. The molecule has 8 heteroatoms. The number of carbonyl (C=O) groups is 1. The van der Waals surface area contributed by atoms with Crippen molar-refractivity contribution in [1.29, 1.82) is 0 Å². The van der Waals surface area contributed by atoms with Gasteiger partial charge in [-0.25, -0.2) is 4.99 Å². The fraction of sp³-hybridized carbons (Fsp3) is 0. The Bertz CT molecular complexity index is 1120. The molecule has 3 aromatic rings. The van der Waals surface area contributed by atoms with E-state index in [0.29, 0.717) is 36.2 Å². The van der Waals surface area contributed by atoms with E-state index < -0.39 is 5.91 Å². The second kappa shape index (κ2) is 6.15. The molecule has 0 aliphatic carbocycles. The molecule has 0 radical (unpaired) electrons. The monoisotopic (exact) mass is 389 g/mol. The Kier molecular flexibility index (Phi) is 3.95. The zero-order chi connectivity index (χ0) is 17.6. The molecule has 0 bridgehead atoms. The van der Waals surface area contributed by atoms with Crippen LogP contribution in [0.4, 0.5) is 10.8 Å². The van der Waals surface area contributed by atoms with Crippen molar-refractivity contribution in [2.75, 3.05) is 5.32 Å². The van der Waals surface area contributed by atoms with Gasteiger partial charge in [-0.2, -0.15) is 4.98 Å². The van der Waals surface area contributed by atoms with Crippen molar-refractivity contribution >= 4 is 56.8 Å². The van der Waals surface area contributed by atoms with Crippen molar-refractivity contribution < 1.29 is 9.90 Å². The Balaban J connectivity index is 1.78. The number of rotatable bonds is 3. The molecule has 1 amide bonds. The van der Waals surface area contributed by atoms with Gasteiger partial charge >= 0.3 is 0 Å². The third-order valence-electron chi connectivity index (χ3n) is 3.60. The number of halogens is 2. The Morgan fingerprint density at radius 1 is 1.04 bits per heavy atom. The van der Waals surface area contributed by atoms with Crippen molar-refractivity contribution in [3.63, 3.8) is 0 Å². The van der Waals surface area contributed by atoms with Gasteiger partial charge in [-0.3, -0.25) is 4.79 Å². The smallest absolute Gasteiger partial charge is 0.279 e. The Morgan fingerprint density at radius 3 is 2.52 bits per heavy atom. The molecule has 0 saturated heterocycles. The van der Waals surface area contributed by atoms with Gasteiger partial charge in [0.1, 0.15) is 4.88 Å². The SMILES string of the molecule is O=C1N=c2ccc(Cl)cc2=C1c1sc(Nc2ccc(Cl)cc2)nc1O. The summed E-state index contributed by atoms with van der Waals surface area (Å²) in [6.07, 6.45) is 0. The molecule has 2 heterocycles. The highest BCUT2D eigenvalue weighted by Gasteiger charge is 2.25. The van der Waals surface area contributed by atoms with Gasteiger partial charge in [0.15, 0.2) is 5.13 Å². The second-order valence-corrected chi connectivity index (χ2v) is 7.13. The molecule has 1 aromatic heterocycles. The summed E-state index contributed by atoms with van der Waals surface area (Å²) in [5.74, 6) is -0.651. The summed E-state index contributed by atoms with van der Waals surface area (Å²) < 4.78 is 0. The maximum absolute atomic E-state index is 12.3. The molecule has 1 aliphatic rings. The highest BCUT2D eigenvalue weighted by molar-refractivity contribution is 7.17. The summed E-state index contributed by atoms with van der Waals surface area (Å²) >= 11 is 13.1. The predicted octanol–water partition coefficient (Wildman–Crippen LogP) is 3.26. The van der Waals surface area contributed by atoms with E-state index in [1.165, 1.54) is 0 Å². The van der Waals surface area contributed by atoms with Crippen molar-refractivity contribution in [3.8, 4) is 5.88 Å². The number of benzene rings is 2. The van der Waals surface area contributed by atoms with Crippen LogP contribution < -0.4 is 15.9 Å². The van der Waals surface area contributed by atoms with Gasteiger partial charge in [0.25, 0.3) is 5.91 Å². The number of anilines is 2. The van der Waals surface area contributed by atoms with E-state index in [-0.39, 0.29) is 5.88 Å². The molecule has 0 fully saturated rings. The largest absolute Gasteiger partial charge is 0.492 e. The molecule has 0 spiro atoms. The third-order valence-corrected chi connectivity index (χ3v) is 5.06. The number of hydrogen-bond donors (Lipinski definition) is 2. The lowest BCUT2D eigenvalue weighted by atomic mass is 10.1. The lowest BCUT2D eigenvalue weighted by Crippen LogP contribution is -2.22. The van der Waals surface area contributed by atoms with Gasteiger partial charge in [-0.05, 0) is 42.5 Å². The van der Waals surface area contributed by atoms with Crippen molar-refractivity contribution in [1.82, 2.24) is 4.98 Å². The van der Waals surface area contributed by atoms with Crippen LogP contribution in [-0.4, -0.2) is 16.0 Å². The lowest BCUT2D eigenvalue weighted by molar-refractivity contribution is -0.112. The number of amides is 1. The standard InChI is InChI=1S/C17H9Cl2N3O2S/c18-8-1-4-10(5-2-8)20-17-22-16(24)14(25-17)13-11-7-9(19)3-6-12(11)21-15(13)23/h1-7,24H,(H,20,22). The highest BCUT2D eigenvalue weighted by Crippen LogP contribution is 2.35. The summed E-state index contributed by atoms with van der Waals surface area (Å²) in [4.78, 5) is 20.7. The molecule has 0 unspecified atom stereocenters. The normalized spacial score (nSPS) is 12.9. The minimum Gasteiger partial charge on any atom is -0.492 e. The van der Waals surface area contributed by atoms with Gasteiger partial charge in [0.05, 0.1) is 10.9 Å². The first kappa shape index (κ1) is 16.1. The molecule has 2 aromatic carbocycles. The molecular formula is C17H9Cl2N3O2S. The minimum absolute atomic E-state index is 0.229. The second-order valence-electron chi connectivity index (χ2n) is 5.26. The van der Waals surface area contributed by atoms with E-state index >= 15 is 0 Å². The first-order valence-electron chi connectivity index (χ1n) is 7.17. The van der Waals surface area contributed by atoms with Crippen LogP contribution in [0.15, 0.2) is 47.5 Å². The molecule has 5 nitrogen and oxygen atoms in total. The first-order valence-corrected chi connectivity index (χ1v) is 8.74. The number of aromatic hydroxyl groups is 1. The van der Waals surface area contributed by atoms with E-state index in [1.54, 1.807) is 42.5 Å². The highest BCUT2D eigenvalue weighted by atomic mass is 35.5. The Labute approximate surface area is 155 Å². The summed E-state index contributed by atoms with van der Waals surface area (Å²) in [5.41, 5.74) is 1.07. The zero-order valence-corrected chi connectivity index (χ0v) is 14.8. The summed E-state index contributed by atoms with van der Waals surface area (Å²) in [6, 6.07) is 12.1. The molecule has 0 saturated carbocycles. The molecule has 2 N–H and O–H groups in total. The summed E-state index contributed by atoms with van der Waals surface area (Å²) in [7, 11) is 0. The van der Waals surface area contributed by atoms with Crippen LogP contribution in [0.3, 0.4) is 0 Å². The summed E-state index contributed by atoms with van der Waals surface area (Å²) in [5, 5.41) is 16.0. The van der Waals surface area contributed by atoms with E-state index in [0.717, 1.165) is 17.0 Å². The predicted molar refractivity (Wildman–Crippen MR) is 98.3 cm³/mol. The molecular weight excluding hydrogens is 381 g/mol. The van der Waals surface area contributed by atoms with Crippen molar-refractivity contribution in [2.24, 2.45) is 4.99 Å². The van der Waals surface area contributed by atoms with Crippen LogP contribution in [0.2, 0.25) is 10.0 Å². The average Bonchev–Trinajstić information content (AvgIpc) is 3.08. The van der Waals surface area contributed by atoms with Crippen LogP contribution in [0, 0.1) is 0 Å². The van der Waals surface area contributed by atoms with Gasteiger partial charge in [0.2, 0.25) is 5.88 Å². The number of carbonyl (C=O) groups excluding carboxylic acids is 1. The number of hydrogen-bond acceptors (Lipinski definition) is 5. The molecule has 1 aliphatic heterocycles. The van der Waals surface area contributed by atoms with Gasteiger partial charge in [0, 0.05) is 21.0 Å². The molecule has 4 rings (SSSR count). The number of nitrogens with zero attached hydrogens (tertiary/aromatic N) is 2. The van der Waals surface area contributed by atoms with Gasteiger partial charge in [-0.1, -0.05) is 34.5 Å². The first-order chi connectivity index (χ1) is 12.0. The zero-order valence-electron chi connectivity index (χ0n) is 12.5. The maximum atomic E-state index is 12.3. The van der Waals surface area contributed by atoms with Crippen LogP contribution in [-0.2, 0) is 4.79 Å². The van der Waals surface area contributed by atoms with Crippen LogP contribution in [0.5, 0.6) is 5.88 Å². The van der Waals surface area contributed by atoms with E-state index in [9.17, 15) is 9.90 Å². The summed E-state index contributed by atoms with van der Waals surface area (Å²) in [6.45, 7) is 0. The Morgan fingerprint density at radius 2 is 1.76 bits per heavy atom. The van der Waals surface area contributed by atoms with Crippen LogP contribution >= 0.6 is 34.5 Å². The Hall–Kier alpha value is -2.41. The molecule has 25 heavy (non-hydrogen) atoms. The van der Waals surface area contributed by atoms with Gasteiger partial charge < -0.3 is 10.4 Å². The van der Waals surface area contributed by atoms with Crippen molar-refractivity contribution in [2.45, 2.75) is 0 Å². The molecule has 0 atom stereocenters. The fourth-order valence-electron chi connectivity index (χ4n) is 2.49. The topological polar surface area (TPSA) is 74.6 Å². The number of nitrogens with one attached hydrogen (secondary N) is 1. The molecule has 124 valence electrons. The number of thiazole rings is 1. The van der Waals surface area contributed by atoms with Crippen LogP contribution in [0.1, 0.15) is 4.88 Å². The van der Waals surface area contributed by atoms with E-state index in [4.69, 9.17) is 23.2 Å². The van der Waals surface area contributed by atoms with Crippen molar-refractivity contribution in [3.05, 3.63) is 68.0 Å². The van der Waals surface area contributed by atoms with Crippen LogP contribution in [0.25, 0.3) is 5.57 Å². The van der Waals surface area contributed by atoms with Gasteiger partial charge in [-0.15, -0.1) is 0 Å².